The van der Waals surface area contributed by atoms with E-state index < -0.39 is 29.4 Å². The van der Waals surface area contributed by atoms with Crippen LogP contribution in [0.4, 0.5) is 0 Å². The average molecular weight is 870 g/mol. The van der Waals surface area contributed by atoms with Crippen LogP contribution in [0.5, 0.6) is 0 Å². The van der Waals surface area contributed by atoms with Crippen molar-refractivity contribution in [3.8, 4) is 0 Å². The summed E-state index contributed by atoms with van der Waals surface area (Å²) in [5.74, 6) is -2.15. The topological polar surface area (TPSA) is 261 Å². The van der Waals surface area contributed by atoms with Gasteiger partial charge in [-0.1, -0.05) is 0 Å². The van der Waals surface area contributed by atoms with Gasteiger partial charge in [0.15, 0.2) is 0 Å². The molecule has 6 N–H and O–H groups in total. The van der Waals surface area contributed by atoms with Gasteiger partial charge in [0.05, 0.1) is 132 Å². The van der Waals surface area contributed by atoms with Crippen LogP contribution >= 0.6 is 0 Å². The minimum atomic E-state index is -0.882. The summed E-state index contributed by atoms with van der Waals surface area (Å²) < 4.78 is 59.0. The van der Waals surface area contributed by atoms with Crippen LogP contribution in [0.15, 0.2) is 0 Å². The van der Waals surface area contributed by atoms with Gasteiger partial charge in [-0.3, -0.25) is 24.0 Å². The Bertz CT molecular complexity index is 1090. The first-order chi connectivity index (χ1) is 29.0. The number of unbranched alkanes of at least 4 members (excludes halogenated alkanes) is 1. The van der Waals surface area contributed by atoms with Crippen LogP contribution in [-0.2, 0) is 76.1 Å². The Morgan fingerprint density at radius 3 is 1.38 bits per heavy atom. The van der Waals surface area contributed by atoms with E-state index in [4.69, 9.17) is 57.8 Å². The molecule has 0 saturated carbocycles. The number of rotatable bonds is 43. The van der Waals surface area contributed by atoms with E-state index in [0.717, 1.165) is 0 Å². The number of amides is 4. The highest BCUT2D eigenvalue weighted by Gasteiger charge is 2.21. The summed E-state index contributed by atoms with van der Waals surface area (Å²) in [6, 6.07) is -0.882. The number of carbonyl (C=O) groups is 5. The van der Waals surface area contributed by atoms with Crippen molar-refractivity contribution in [1.29, 1.82) is 0 Å². The quantitative estimate of drug-likeness (QED) is 0.0359. The molecule has 0 aliphatic heterocycles. The molecule has 21 heteroatoms. The molecule has 0 fully saturated rings. The third-order valence-corrected chi connectivity index (χ3v) is 7.44. The van der Waals surface area contributed by atoms with Crippen LogP contribution in [0.2, 0.25) is 0 Å². The van der Waals surface area contributed by atoms with Gasteiger partial charge >= 0.3 is 5.97 Å². The van der Waals surface area contributed by atoms with E-state index in [2.05, 4.69) is 21.3 Å². The minimum absolute atomic E-state index is 0.128. The second-order valence-electron chi connectivity index (χ2n) is 13.9. The molecule has 0 aliphatic carbocycles. The molecule has 4 amide bonds. The highest BCUT2D eigenvalue weighted by atomic mass is 16.6. The summed E-state index contributed by atoms with van der Waals surface area (Å²) in [5.41, 5.74) is 4.65. The summed E-state index contributed by atoms with van der Waals surface area (Å²) >= 11 is 0. The fraction of sp³-hybridized carbons (Fsp3) is 0.872. The fourth-order valence-corrected chi connectivity index (χ4v) is 4.54. The van der Waals surface area contributed by atoms with Crippen LogP contribution in [0.1, 0.15) is 52.9 Å². The molecular weight excluding hydrogens is 794 g/mol. The lowest BCUT2D eigenvalue weighted by Crippen LogP contribution is -2.50. The summed E-state index contributed by atoms with van der Waals surface area (Å²) in [6.07, 6.45) is 1.81. The number of nitrogens with one attached hydrogen (secondary N) is 4. The molecular formula is C39H75N5O16. The fourth-order valence-electron chi connectivity index (χ4n) is 4.54. The molecule has 0 aliphatic rings. The number of hydrogen-bond donors (Lipinski definition) is 5. The lowest BCUT2D eigenvalue weighted by molar-refractivity contribution is -0.155. The van der Waals surface area contributed by atoms with E-state index in [1.165, 1.54) is 0 Å². The minimum Gasteiger partial charge on any atom is -0.460 e. The summed E-state index contributed by atoms with van der Waals surface area (Å²) in [7, 11) is 1.63. The molecule has 0 spiro atoms. The first kappa shape index (κ1) is 56.9. The van der Waals surface area contributed by atoms with E-state index >= 15 is 0 Å². The van der Waals surface area contributed by atoms with Crippen molar-refractivity contribution in [3.63, 3.8) is 0 Å². The van der Waals surface area contributed by atoms with Crippen molar-refractivity contribution in [1.82, 2.24) is 21.3 Å². The average Bonchev–Trinajstić information content (AvgIpc) is 3.21. The Morgan fingerprint density at radius 1 is 0.517 bits per heavy atom. The monoisotopic (exact) mass is 870 g/mol. The molecule has 60 heavy (non-hydrogen) atoms. The van der Waals surface area contributed by atoms with E-state index in [0.29, 0.717) is 138 Å². The highest BCUT2D eigenvalue weighted by molar-refractivity contribution is 5.90. The molecule has 0 saturated heterocycles. The predicted molar refractivity (Wildman–Crippen MR) is 218 cm³/mol. The number of nitrogens with two attached hydrogens (primary N) is 1. The van der Waals surface area contributed by atoms with Crippen LogP contribution in [0.3, 0.4) is 0 Å². The maximum atomic E-state index is 12.8. The molecule has 1 atom stereocenters. The predicted octanol–water partition coefficient (Wildman–Crippen LogP) is -1.13. The van der Waals surface area contributed by atoms with Crippen molar-refractivity contribution in [2.24, 2.45) is 5.73 Å². The zero-order valence-electron chi connectivity index (χ0n) is 36.5. The van der Waals surface area contributed by atoms with Gasteiger partial charge in [-0.05, 0) is 46.5 Å². The van der Waals surface area contributed by atoms with Crippen molar-refractivity contribution in [3.05, 3.63) is 0 Å². The lowest BCUT2D eigenvalue weighted by Gasteiger charge is -2.20. The number of hydrogen-bond acceptors (Lipinski definition) is 17. The van der Waals surface area contributed by atoms with E-state index in [1.807, 2.05) is 0 Å². The summed E-state index contributed by atoms with van der Waals surface area (Å²) in [6.45, 7) is 13.3. The van der Waals surface area contributed by atoms with Gasteiger partial charge in [-0.15, -0.1) is 0 Å². The number of esters is 1. The Morgan fingerprint density at radius 2 is 0.950 bits per heavy atom. The third-order valence-electron chi connectivity index (χ3n) is 7.44. The Balaban J connectivity index is 3.77. The van der Waals surface area contributed by atoms with Gasteiger partial charge in [0.25, 0.3) is 0 Å². The van der Waals surface area contributed by atoms with E-state index in [9.17, 15) is 24.0 Å². The molecule has 352 valence electrons. The zero-order valence-corrected chi connectivity index (χ0v) is 36.5. The van der Waals surface area contributed by atoms with Crippen molar-refractivity contribution < 1.29 is 76.1 Å². The van der Waals surface area contributed by atoms with Gasteiger partial charge in [0.2, 0.25) is 23.6 Å². The van der Waals surface area contributed by atoms with E-state index in [1.54, 1.807) is 27.9 Å². The standard InChI is InChI=1S/C39H75N5O16/c1-39(2,3)60-37(48)9-7-11-42-38(49)33(44-35(46)31-43-34(45)30-40)8-5-6-10-41-36(47)32-59-29-28-58-27-26-57-25-24-56-23-22-55-21-20-54-19-18-53-17-16-52-15-14-51-13-12-50-4/h33H,5-32,40H2,1-4H3,(H,41,47)(H,42,49)(H,43,45)(H,44,46)/t33-/m0/s1. The molecule has 0 unspecified atom stereocenters. The second-order valence-corrected chi connectivity index (χ2v) is 13.9. The van der Waals surface area contributed by atoms with Crippen LogP contribution in [0, 0.1) is 0 Å². The summed E-state index contributed by atoms with van der Waals surface area (Å²) in [5, 5.41) is 10.5. The number of methoxy groups -OCH3 is 1. The normalized spacial score (nSPS) is 11.9. The lowest BCUT2D eigenvalue weighted by atomic mass is 10.1. The van der Waals surface area contributed by atoms with Gasteiger partial charge in [-0.25, -0.2) is 0 Å². The number of ether oxygens (including phenoxy) is 11. The molecule has 0 aromatic carbocycles. The van der Waals surface area contributed by atoms with Crippen LogP contribution in [-0.4, -0.2) is 200 Å². The van der Waals surface area contributed by atoms with Crippen molar-refractivity contribution in [2.45, 2.75) is 64.5 Å². The van der Waals surface area contributed by atoms with Gasteiger partial charge < -0.3 is 79.1 Å². The van der Waals surface area contributed by atoms with E-state index in [-0.39, 0.29) is 57.6 Å². The maximum absolute atomic E-state index is 12.8. The Labute approximate surface area is 355 Å². The van der Waals surface area contributed by atoms with Crippen molar-refractivity contribution >= 4 is 29.6 Å². The third kappa shape index (κ3) is 41.6. The van der Waals surface area contributed by atoms with Gasteiger partial charge in [0.1, 0.15) is 18.2 Å². The highest BCUT2D eigenvalue weighted by Crippen LogP contribution is 2.09. The molecule has 0 radical (unpaired) electrons. The molecule has 21 nitrogen and oxygen atoms in total. The first-order valence-electron chi connectivity index (χ1n) is 20.7. The van der Waals surface area contributed by atoms with Crippen LogP contribution < -0.4 is 27.0 Å². The molecule has 0 aromatic heterocycles. The number of carbonyl (C=O) groups excluding carboxylic acids is 5. The van der Waals surface area contributed by atoms with Crippen LogP contribution in [0.25, 0.3) is 0 Å². The van der Waals surface area contributed by atoms with Gasteiger partial charge in [0, 0.05) is 26.6 Å². The second kappa shape index (κ2) is 41.3. The smallest absolute Gasteiger partial charge is 0.306 e. The molecule has 0 bridgehead atoms. The van der Waals surface area contributed by atoms with Gasteiger partial charge in [-0.2, -0.15) is 0 Å². The van der Waals surface area contributed by atoms with Crippen molar-refractivity contribution in [2.75, 3.05) is 159 Å². The Kier molecular flexibility index (Phi) is 39.1. The zero-order chi connectivity index (χ0) is 44.4. The molecule has 0 rings (SSSR count). The summed E-state index contributed by atoms with van der Waals surface area (Å²) in [4.78, 5) is 60.6. The maximum Gasteiger partial charge on any atom is 0.306 e. The SMILES string of the molecule is COCCOCCOCCOCCOCCOCCOCCOCCOCCOCC(=O)NCCCC[C@H](NC(=O)CNC(=O)CN)C(=O)NCCCC(=O)OC(C)(C)C. The molecule has 0 aromatic rings. The largest absolute Gasteiger partial charge is 0.460 e. The Hall–Kier alpha value is -3.09. The molecule has 0 heterocycles. The first-order valence-corrected chi connectivity index (χ1v) is 20.7.